The fourth-order valence-electron chi connectivity index (χ4n) is 2.20. The van der Waals surface area contributed by atoms with Crippen LogP contribution >= 0.6 is 11.6 Å². The molecule has 0 aromatic carbocycles. The molecule has 3 aromatic rings. The van der Waals surface area contributed by atoms with Gasteiger partial charge >= 0.3 is 0 Å². The van der Waals surface area contributed by atoms with E-state index in [-0.39, 0.29) is 0 Å². The number of pyridine rings is 1. The van der Waals surface area contributed by atoms with E-state index in [9.17, 15) is 0 Å². The maximum absolute atomic E-state index is 5.88. The van der Waals surface area contributed by atoms with Gasteiger partial charge in [0, 0.05) is 24.7 Å². The Bertz CT molecular complexity index is 723. The second kappa shape index (κ2) is 5.54. The summed E-state index contributed by atoms with van der Waals surface area (Å²) in [6.45, 7) is 2.66. The predicted molar refractivity (Wildman–Crippen MR) is 77.8 cm³/mol. The van der Waals surface area contributed by atoms with E-state index in [1.54, 1.807) is 18.7 Å². The third-order valence-electron chi connectivity index (χ3n) is 3.20. The standard InChI is InChI=1S/C14H14ClN5/c1-10-3-7-17-14-13(10)19-12(2-5-15)20(14)8-11-4-6-16-9-18-11/h3-4,6-7,9H,2,5,8H2,1H3. The fourth-order valence-corrected chi connectivity index (χ4v) is 2.37. The van der Waals surface area contributed by atoms with Crippen LogP contribution in [0.25, 0.3) is 11.2 Å². The molecule has 20 heavy (non-hydrogen) atoms. The Labute approximate surface area is 121 Å². The van der Waals surface area contributed by atoms with Crippen LogP contribution in [0.1, 0.15) is 17.1 Å². The molecule has 0 N–H and O–H groups in total. The molecule has 0 saturated heterocycles. The summed E-state index contributed by atoms with van der Waals surface area (Å²) >= 11 is 5.88. The van der Waals surface area contributed by atoms with Gasteiger partial charge in [-0.15, -0.1) is 11.6 Å². The Morgan fingerprint density at radius 2 is 2.10 bits per heavy atom. The number of hydrogen-bond acceptors (Lipinski definition) is 4. The summed E-state index contributed by atoms with van der Waals surface area (Å²) in [5, 5.41) is 0. The minimum Gasteiger partial charge on any atom is -0.307 e. The average molecular weight is 288 g/mol. The molecule has 3 aromatic heterocycles. The van der Waals surface area contributed by atoms with E-state index in [1.165, 1.54) is 0 Å². The lowest BCUT2D eigenvalue weighted by atomic mass is 10.3. The highest BCUT2D eigenvalue weighted by Gasteiger charge is 2.13. The van der Waals surface area contributed by atoms with E-state index in [2.05, 4.69) is 24.5 Å². The van der Waals surface area contributed by atoms with Crippen LogP contribution in [-0.2, 0) is 13.0 Å². The SMILES string of the molecule is Cc1ccnc2c1nc(CCCl)n2Cc1ccncn1. The Hall–Kier alpha value is -2.01. The number of nitrogens with zero attached hydrogens (tertiary/aromatic N) is 5. The molecule has 3 rings (SSSR count). The minimum absolute atomic E-state index is 0.534. The van der Waals surface area contributed by atoms with Crippen molar-refractivity contribution in [3.8, 4) is 0 Å². The molecule has 0 bridgehead atoms. The Balaban J connectivity index is 2.12. The van der Waals surface area contributed by atoms with Crippen molar-refractivity contribution in [2.24, 2.45) is 0 Å². The van der Waals surface area contributed by atoms with Gasteiger partial charge in [0.05, 0.1) is 12.2 Å². The fraction of sp³-hybridized carbons (Fsp3) is 0.286. The third kappa shape index (κ3) is 2.36. The number of aromatic nitrogens is 5. The monoisotopic (exact) mass is 287 g/mol. The first kappa shape index (κ1) is 13.0. The summed E-state index contributed by atoms with van der Waals surface area (Å²) in [6.07, 6.45) is 5.80. The molecule has 3 heterocycles. The second-order valence-corrected chi connectivity index (χ2v) is 4.93. The molecular weight excluding hydrogens is 274 g/mol. The number of imidazole rings is 1. The molecule has 0 aliphatic carbocycles. The van der Waals surface area contributed by atoms with Gasteiger partial charge in [0.25, 0.3) is 0 Å². The van der Waals surface area contributed by atoms with Crippen molar-refractivity contribution in [1.82, 2.24) is 24.5 Å². The summed E-state index contributed by atoms with van der Waals surface area (Å²) in [5.41, 5.74) is 3.86. The van der Waals surface area contributed by atoms with Gasteiger partial charge in [-0.25, -0.2) is 19.9 Å². The Kier molecular flexibility index (Phi) is 3.60. The first-order chi connectivity index (χ1) is 9.79. The zero-order valence-corrected chi connectivity index (χ0v) is 11.9. The van der Waals surface area contributed by atoms with E-state index in [0.29, 0.717) is 18.8 Å². The molecule has 0 fully saturated rings. The van der Waals surface area contributed by atoms with E-state index < -0.39 is 0 Å². The van der Waals surface area contributed by atoms with Crippen LogP contribution in [0.3, 0.4) is 0 Å². The normalized spacial score (nSPS) is 11.1. The molecular formula is C14H14ClN5. The molecule has 0 spiro atoms. The third-order valence-corrected chi connectivity index (χ3v) is 3.39. The van der Waals surface area contributed by atoms with Crippen LogP contribution in [-0.4, -0.2) is 30.4 Å². The lowest BCUT2D eigenvalue weighted by Crippen LogP contribution is -2.08. The first-order valence-corrected chi connectivity index (χ1v) is 6.94. The molecule has 0 aliphatic heterocycles. The molecule has 5 nitrogen and oxygen atoms in total. The first-order valence-electron chi connectivity index (χ1n) is 6.41. The molecule has 0 radical (unpaired) electrons. The summed E-state index contributed by atoms with van der Waals surface area (Å²) in [7, 11) is 0. The zero-order chi connectivity index (χ0) is 13.9. The predicted octanol–water partition coefficient (Wildman–Crippen LogP) is 2.36. The summed E-state index contributed by atoms with van der Waals surface area (Å²) < 4.78 is 2.08. The number of halogens is 1. The topological polar surface area (TPSA) is 56.5 Å². The van der Waals surface area contributed by atoms with E-state index in [0.717, 1.165) is 28.2 Å². The van der Waals surface area contributed by atoms with E-state index >= 15 is 0 Å². The molecule has 0 aliphatic rings. The molecule has 0 unspecified atom stereocenters. The van der Waals surface area contributed by atoms with Gasteiger partial charge < -0.3 is 4.57 Å². The quantitative estimate of drug-likeness (QED) is 0.691. The summed E-state index contributed by atoms with van der Waals surface area (Å²) in [5.74, 6) is 1.47. The molecule has 102 valence electrons. The number of aryl methyl sites for hydroxylation is 2. The highest BCUT2D eigenvalue weighted by molar-refractivity contribution is 6.17. The van der Waals surface area contributed by atoms with Gasteiger partial charge in [-0.05, 0) is 24.6 Å². The highest BCUT2D eigenvalue weighted by atomic mass is 35.5. The zero-order valence-electron chi connectivity index (χ0n) is 11.1. The Morgan fingerprint density at radius 3 is 2.85 bits per heavy atom. The van der Waals surface area contributed by atoms with Crippen molar-refractivity contribution in [2.45, 2.75) is 19.9 Å². The van der Waals surface area contributed by atoms with Crippen molar-refractivity contribution >= 4 is 22.8 Å². The number of fused-ring (bicyclic) bond motifs is 1. The highest BCUT2D eigenvalue weighted by Crippen LogP contribution is 2.19. The van der Waals surface area contributed by atoms with Gasteiger partial charge in [-0.3, -0.25) is 0 Å². The maximum atomic E-state index is 5.88. The number of hydrogen-bond donors (Lipinski definition) is 0. The minimum atomic E-state index is 0.534. The van der Waals surface area contributed by atoms with Crippen LogP contribution in [0.2, 0.25) is 0 Å². The smallest absolute Gasteiger partial charge is 0.160 e. The number of rotatable bonds is 4. The summed E-state index contributed by atoms with van der Waals surface area (Å²) in [6, 6.07) is 3.86. The van der Waals surface area contributed by atoms with Crippen LogP contribution < -0.4 is 0 Å². The van der Waals surface area contributed by atoms with E-state index in [1.807, 2.05) is 19.1 Å². The number of alkyl halides is 1. The van der Waals surface area contributed by atoms with Gasteiger partial charge in [0.1, 0.15) is 17.7 Å². The van der Waals surface area contributed by atoms with Crippen LogP contribution in [0.15, 0.2) is 30.9 Å². The van der Waals surface area contributed by atoms with Crippen molar-refractivity contribution in [3.63, 3.8) is 0 Å². The molecule has 0 saturated carbocycles. The lowest BCUT2D eigenvalue weighted by Gasteiger charge is -2.07. The van der Waals surface area contributed by atoms with Crippen molar-refractivity contribution in [2.75, 3.05) is 5.88 Å². The molecule has 0 amide bonds. The van der Waals surface area contributed by atoms with Crippen molar-refractivity contribution < 1.29 is 0 Å². The lowest BCUT2D eigenvalue weighted by molar-refractivity contribution is 0.728. The van der Waals surface area contributed by atoms with Gasteiger partial charge in [-0.1, -0.05) is 0 Å². The van der Waals surface area contributed by atoms with E-state index in [4.69, 9.17) is 11.6 Å². The van der Waals surface area contributed by atoms with Gasteiger partial charge in [0.15, 0.2) is 5.65 Å². The van der Waals surface area contributed by atoms with Crippen LogP contribution in [0.4, 0.5) is 0 Å². The average Bonchev–Trinajstić information content (AvgIpc) is 2.81. The second-order valence-electron chi connectivity index (χ2n) is 4.55. The van der Waals surface area contributed by atoms with Crippen molar-refractivity contribution in [3.05, 3.63) is 47.9 Å². The molecule has 0 atom stereocenters. The van der Waals surface area contributed by atoms with Gasteiger partial charge in [-0.2, -0.15) is 0 Å². The van der Waals surface area contributed by atoms with Crippen LogP contribution in [0, 0.1) is 6.92 Å². The van der Waals surface area contributed by atoms with Crippen molar-refractivity contribution in [1.29, 1.82) is 0 Å². The maximum Gasteiger partial charge on any atom is 0.160 e. The molecule has 6 heteroatoms. The van der Waals surface area contributed by atoms with Crippen LogP contribution in [0.5, 0.6) is 0 Å². The Morgan fingerprint density at radius 1 is 1.20 bits per heavy atom. The summed E-state index contributed by atoms with van der Waals surface area (Å²) in [4.78, 5) is 17.3. The largest absolute Gasteiger partial charge is 0.307 e. The van der Waals surface area contributed by atoms with Gasteiger partial charge in [0.2, 0.25) is 0 Å².